The van der Waals surface area contributed by atoms with Gasteiger partial charge in [0.25, 0.3) is 0 Å². The third-order valence-electron chi connectivity index (χ3n) is 5.50. The van der Waals surface area contributed by atoms with E-state index in [0.29, 0.717) is 31.9 Å². The molecule has 2 aromatic heterocycles. The van der Waals surface area contributed by atoms with E-state index in [9.17, 15) is 4.79 Å². The number of hydrogen-bond acceptors (Lipinski definition) is 8. The van der Waals surface area contributed by atoms with Crippen molar-refractivity contribution in [3.05, 3.63) is 64.9 Å². The lowest BCUT2D eigenvalue weighted by molar-refractivity contribution is -0.143. The van der Waals surface area contributed by atoms with Gasteiger partial charge in [0, 0.05) is 18.1 Å². The standard InChI is InChI=1S/C27H30N4O3S/c1-5-33-27(32)7-6-10-34-22-12-17(2)11-21(13-22)18(3)29-26-15-24(30-19(4)31-26)20-8-9-23-25(14-20)35-16-28-23/h8-9,11-16,18H,5-7,10H2,1-4H3,(H,29,30,31). The third kappa shape index (κ3) is 6.54. The smallest absolute Gasteiger partial charge is 0.305 e. The Morgan fingerprint density at radius 3 is 2.80 bits per heavy atom. The summed E-state index contributed by atoms with van der Waals surface area (Å²) in [5.41, 5.74) is 6.96. The third-order valence-corrected chi connectivity index (χ3v) is 6.29. The van der Waals surface area contributed by atoms with Crippen LogP contribution in [-0.2, 0) is 9.53 Å². The van der Waals surface area contributed by atoms with Gasteiger partial charge in [-0.05, 0) is 69.5 Å². The zero-order valence-corrected chi connectivity index (χ0v) is 21.3. The summed E-state index contributed by atoms with van der Waals surface area (Å²) in [6.45, 7) is 8.72. The molecule has 35 heavy (non-hydrogen) atoms. The maximum absolute atomic E-state index is 11.5. The number of rotatable bonds is 10. The second kappa shape index (κ2) is 11.3. The Labute approximate surface area is 209 Å². The van der Waals surface area contributed by atoms with E-state index >= 15 is 0 Å². The average Bonchev–Trinajstić information content (AvgIpc) is 3.29. The predicted molar refractivity (Wildman–Crippen MR) is 140 cm³/mol. The maximum atomic E-state index is 11.5. The van der Waals surface area contributed by atoms with Crippen LogP contribution in [0.3, 0.4) is 0 Å². The molecule has 2 aromatic carbocycles. The molecule has 7 nitrogen and oxygen atoms in total. The average molecular weight is 491 g/mol. The molecule has 8 heteroatoms. The zero-order valence-electron chi connectivity index (χ0n) is 20.5. The summed E-state index contributed by atoms with van der Waals surface area (Å²) < 4.78 is 12.0. The van der Waals surface area contributed by atoms with Crippen molar-refractivity contribution in [2.75, 3.05) is 18.5 Å². The lowest BCUT2D eigenvalue weighted by Gasteiger charge is -2.18. The number of aryl methyl sites for hydroxylation is 2. The van der Waals surface area contributed by atoms with Crippen molar-refractivity contribution < 1.29 is 14.3 Å². The largest absolute Gasteiger partial charge is 0.494 e. The van der Waals surface area contributed by atoms with E-state index in [-0.39, 0.29) is 12.0 Å². The first-order chi connectivity index (χ1) is 16.9. The summed E-state index contributed by atoms with van der Waals surface area (Å²) in [5, 5.41) is 3.51. The van der Waals surface area contributed by atoms with Gasteiger partial charge < -0.3 is 14.8 Å². The number of anilines is 1. The highest BCUT2D eigenvalue weighted by molar-refractivity contribution is 7.16. The van der Waals surface area contributed by atoms with Gasteiger partial charge in [-0.1, -0.05) is 12.1 Å². The Morgan fingerprint density at radius 2 is 1.97 bits per heavy atom. The number of benzene rings is 2. The number of carbonyl (C=O) groups is 1. The van der Waals surface area contributed by atoms with Crippen molar-refractivity contribution in [2.45, 2.75) is 46.6 Å². The van der Waals surface area contributed by atoms with E-state index in [4.69, 9.17) is 9.47 Å². The van der Waals surface area contributed by atoms with Crippen LogP contribution < -0.4 is 10.1 Å². The Morgan fingerprint density at radius 1 is 1.11 bits per heavy atom. The molecule has 1 atom stereocenters. The zero-order chi connectivity index (χ0) is 24.8. The van der Waals surface area contributed by atoms with E-state index in [1.165, 1.54) is 0 Å². The first kappa shape index (κ1) is 24.6. The van der Waals surface area contributed by atoms with Crippen molar-refractivity contribution in [1.29, 1.82) is 0 Å². The molecule has 1 N–H and O–H groups in total. The molecule has 0 fully saturated rings. The van der Waals surface area contributed by atoms with Crippen LogP contribution in [-0.4, -0.2) is 34.1 Å². The maximum Gasteiger partial charge on any atom is 0.305 e. The second-order valence-electron chi connectivity index (χ2n) is 8.42. The molecule has 0 amide bonds. The van der Waals surface area contributed by atoms with Crippen LogP contribution in [0, 0.1) is 13.8 Å². The van der Waals surface area contributed by atoms with Crippen molar-refractivity contribution in [3.8, 4) is 17.0 Å². The number of esters is 1. The van der Waals surface area contributed by atoms with Gasteiger partial charge in [-0.3, -0.25) is 4.79 Å². The van der Waals surface area contributed by atoms with Gasteiger partial charge in [-0.2, -0.15) is 0 Å². The summed E-state index contributed by atoms with van der Waals surface area (Å²) in [6.07, 6.45) is 0.974. The quantitative estimate of drug-likeness (QED) is 0.207. The molecular formula is C27H30N4O3S. The second-order valence-corrected chi connectivity index (χ2v) is 9.31. The molecule has 0 spiro atoms. The predicted octanol–water partition coefficient (Wildman–Crippen LogP) is 6.27. The molecule has 0 radical (unpaired) electrons. The van der Waals surface area contributed by atoms with Crippen LogP contribution in [0.25, 0.3) is 21.5 Å². The summed E-state index contributed by atoms with van der Waals surface area (Å²) in [7, 11) is 0. The van der Waals surface area contributed by atoms with Gasteiger partial charge in [0.1, 0.15) is 17.4 Å². The molecule has 182 valence electrons. The Hall–Kier alpha value is -3.52. The minimum atomic E-state index is -0.189. The normalized spacial score (nSPS) is 11.9. The number of aromatic nitrogens is 3. The molecule has 1 unspecified atom stereocenters. The molecule has 0 saturated heterocycles. The fourth-order valence-electron chi connectivity index (χ4n) is 3.86. The summed E-state index contributed by atoms with van der Waals surface area (Å²) in [4.78, 5) is 25.1. The highest BCUT2D eigenvalue weighted by Crippen LogP contribution is 2.28. The monoisotopic (exact) mass is 490 g/mol. The molecule has 4 aromatic rings. The Bertz CT molecular complexity index is 1320. The molecular weight excluding hydrogens is 460 g/mol. The number of hydrogen-bond donors (Lipinski definition) is 1. The number of nitrogens with zero attached hydrogens (tertiary/aromatic N) is 3. The molecule has 0 aliphatic carbocycles. The topological polar surface area (TPSA) is 86.2 Å². The van der Waals surface area contributed by atoms with Crippen molar-refractivity contribution >= 4 is 33.3 Å². The number of nitrogens with one attached hydrogen (secondary N) is 1. The number of carbonyl (C=O) groups excluding carboxylic acids is 1. The Balaban J connectivity index is 1.45. The van der Waals surface area contributed by atoms with E-state index in [1.807, 2.05) is 56.6 Å². The van der Waals surface area contributed by atoms with Crippen LogP contribution in [0.1, 0.15) is 49.7 Å². The number of fused-ring (bicyclic) bond motifs is 1. The van der Waals surface area contributed by atoms with Crippen LogP contribution >= 0.6 is 11.3 Å². The molecule has 0 aliphatic rings. The first-order valence-corrected chi connectivity index (χ1v) is 12.6. The van der Waals surface area contributed by atoms with Crippen LogP contribution in [0.4, 0.5) is 5.82 Å². The lowest BCUT2D eigenvalue weighted by Crippen LogP contribution is -2.10. The Kier molecular flexibility index (Phi) is 7.92. The van der Waals surface area contributed by atoms with Gasteiger partial charge in [0.05, 0.1) is 40.7 Å². The minimum absolute atomic E-state index is 0.00269. The fraction of sp³-hybridized carbons (Fsp3) is 0.333. The van der Waals surface area contributed by atoms with E-state index < -0.39 is 0 Å². The fourth-order valence-corrected chi connectivity index (χ4v) is 4.57. The molecule has 4 rings (SSSR count). The van der Waals surface area contributed by atoms with E-state index in [2.05, 4.69) is 39.3 Å². The van der Waals surface area contributed by atoms with Gasteiger partial charge in [-0.25, -0.2) is 15.0 Å². The van der Waals surface area contributed by atoms with Crippen molar-refractivity contribution in [2.24, 2.45) is 0 Å². The number of thiazole rings is 1. The van der Waals surface area contributed by atoms with Gasteiger partial charge in [0.15, 0.2) is 0 Å². The highest BCUT2D eigenvalue weighted by atomic mass is 32.1. The van der Waals surface area contributed by atoms with Crippen LogP contribution in [0.15, 0.2) is 48.0 Å². The number of ether oxygens (including phenoxy) is 2. The highest BCUT2D eigenvalue weighted by Gasteiger charge is 2.12. The summed E-state index contributed by atoms with van der Waals surface area (Å²) in [6, 6.07) is 14.3. The van der Waals surface area contributed by atoms with E-state index in [0.717, 1.165) is 44.2 Å². The first-order valence-electron chi connectivity index (χ1n) is 11.8. The summed E-state index contributed by atoms with van der Waals surface area (Å²) >= 11 is 1.62. The molecule has 0 bridgehead atoms. The van der Waals surface area contributed by atoms with Gasteiger partial charge in [0.2, 0.25) is 0 Å². The SMILES string of the molecule is CCOC(=O)CCCOc1cc(C)cc(C(C)Nc2cc(-c3ccc4ncsc4c3)nc(C)n2)c1. The van der Waals surface area contributed by atoms with Gasteiger partial charge >= 0.3 is 5.97 Å². The van der Waals surface area contributed by atoms with Crippen LogP contribution in [0.5, 0.6) is 5.75 Å². The molecule has 0 saturated carbocycles. The van der Waals surface area contributed by atoms with Crippen LogP contribution in [0.2, 0.25) is 0 Å². The van der Waals surface area contributed by atoms with Gasteiger partial charge in [-0.15, -0.1) is 11.3 Å². The lowest BCUT2D eigenvalue weighted by atomic mass is 10.0. The van der Waals surface area contributed by atoms with Crippen molar-refractivity contribution in [3.63, 3.8) is 0 Å². The minimum Gasteiger partial charge on any atom is -0.494 e. The summed E-state index contributed by atoms with van der Waals surface area (Å²) in [5.74, 6) is 2.07. The van der Waals surface area contributed by atoms with Crippen molar-refractivity contribution in [1.82, 2.24) is 15.0 Å². The molecule has 2 heterocycles. The van der Waals surface area contributed by atoms with E-state index in [1.54, 1.807) is 11.3 Å². The molecule has 0 aliphatic heterocycles.